The van der Waals surface area contributed by atoms with Crippen molar-refractivity contribution in [1.29, 1.82) is 0 Å². The maximum Gasteiger partial charge on any atom is 0.0180 e. The molecule has 1 aliphatic carbocycles. The van der Waals surface area contributed by atoms with Gasteiger partial charge in [-0.2, -0.15) is 0 Å². The van der Waals surface area contributed by atoms with Gasteiger partial charge in [-0.3, -0.25) is 0 Å². The number of benzene rings is 1. The van der Waals surface area contributed by atoms with E-state index in [1.807, 2.05) is 0 Å². The summed E-state index contributed by atoms with van der Waals surface area (Å²) in [6.45, 7) is 4.03. The van der Waals surface area contributed by atoms with Crippen molar-refractivity contribution in [2.75, 3.05) is 6.54 Å². The van der Waals surface area contributed by atoms with E-state index in [9.17, 15) is 0 Å². The quantitative estimate of drug-likeness (QED) is 0.795. The minimum absolute atomic E-state index is 0.414. The van der Waals surface area contributed by atoms with Gasteiger partial charge in [-0.15, -0.1) is 0 Å². The molecule has 1 fully saturated rings. The Hall–Kier alpha value is -0.860. The topological polar surface area (TPSA) is 38.0 Å². The summed E-state index contributed by atoms with van der Waals surface area (Å²) in [7, 11) is 0. The molecular weight excluding hydrogens is 196 g/mol. The van der Waals surface area contributed by atoms with Gasteiger partial charge in [-0.25, -0.2) is 0 Å². The van der Waals surface area contributed by atoms with Crippen LogP contribution in [0.3, 0.4) is 0 Å². The first-order valence-corrected chi connectivity index (χ1v) is 6.25. The van der Waals surface area contributed by atoms with Crippen molar-refractivity contribution in [2.24, 2.45) is 5.73 Å². The molecule has 1 aromatic carbocycles. The predicted molar refractivity (Wildman–Crippen MR) is 68.3 cm³/mol. The molecule has 0 heterocycles. The van der Waals surface area contributed by atoms with E-state index in [2.05, 4.69) is 36.5 Å². The second-order valence-electron chi connectivity index (χ2n) is 5.06. The third-order valence-electron chi connectivity index (χ3n) is 3.74. The minimum Gasteiger partial charge on any atom is -0.326 e. The maximum absolute atomic E-state index is 5.73. The molecule has 0 unspecified atom stereocenters. The van der Waals surface area contributed by atoms with E-state index in [-0.39, 0.29) is 0 Å². The van der Waals surface area contributed by atoms with Crippen LogP contribution in [0, 0.1) is 0 Å². The first-order valence-electron chi connectivity index (χ1n) is 6.25. The van der Waals surface area contributed by atoms with Crippen LogP contribution in [0.15, 0.2) is 24.3 Å². The summed E-state index contributed by atoms with van der Waals surface area (Å²) < 4.78 is 0. The van der Waals surface area contributed by atoms with Gasteiger partial charge in [0.25, 0.3) is 0 Å². The fourth-order valence-corrected chi connectivity index (χ4v) is 2.38. The van der Waals surface area contributed by atoms with Gasteiger partial charge in [0.15, 0.2) is 0 Å². The number of nitrogens with one attached hydrogen (secondary N) is 1. The molecule has 0 saturated heterocycles. The Balaban J connectivity index is 1.84. The lowest BCUT2D eigenvalue weighted by molar-refractivity contribution is 0.210. The Labute approximate surface area is 98.2 Å². The summed E-state index contributed by atoms with van der Waals surface area (Å²) in [5, 5.41) is 3.65. The summed E-state index contributed by atoms with van der Waals surface area (Å²) in [6, 6.07) is 8.47. The second-order valence-corrected chi connectivity index (χ2v) is 5.06. The van der Waals surface area contributed by atoms with Gasteiger partial charge in [0, 0.05) is 12.1 Å². The molecule has 2 rings (SSSR count). The normalized spacial score (nSPS) is 18.1. The van der Waals surface area contributed by atoms with Crippen molar-refractivity contribution < 1.29 is 0 Å². The van der Waals surface area contributed by atoms with Crippen LogP contribution in [0.5, 0.6) is 0 Å². The fourth-order valence-electron chi connectivity index (χ4n) is 2.38. The highest BCUT2D eigenvalue weighted by atomic mass is 15.0. The summed E-state index contributed by atoms with van der Waals surface area (Å²) >= 11 is 0. The van der Waals surface area contributed by atoms with Crippen molar-refractivity contribution in [3.8, 4) is 0 Å². The fraction of sp³-hybridized carbons (Fsp3) is 0.571. The Morgan fingerprint density at radius 1 is 1.25 bits per heavy atom. The lowest BCUT2D eigenvalue weighted by atomic mass is 9.78. The number of rotatable bonds is 5. The molecule has 1 aliphatic rings. The molecule has 88 valence electrons. The summed E-state index contributed by atoms with van der Waals surface area (Å²) in [5.74, 6) is 0. The molecule has 2 heteroatoms. The lowest BCUT2D eigenvalue weighted by Gasteiger charge is -2.39. The van der Waals surface area contributed by atoms with E-state index in [1.165, 1.54) is 30.4 Å². The molecule has 0 bridgehead atoms. The first-order chi connectivity index (χ1) is 7.73. The van der Waals surface area contributed by atoms with Gasteiger partial charge >= 0.3 is 0 Å². The maximum atomic E-state index is 5.73. The van der Waals surface area contributed by atoms with Crippen LogP contribution in [0.2, 0.25) is 0 Å². The molecule has 1 aromatic rings. The molecule has 2 nitrogen and oxygen atoms in total. The van der Waals surface area contributed by atoms with Crippen molar-refractivity contribution in [2.45, 2.75) is 44.7 Å². The van der Waals surface area contributed by atoms with Gasteiger partial charge in [0.1, 0.15) is 0 Å². The highest BCUT2D eigenvalue weighted by Crippen LogP contribution is 2.30. The Morgan fingerprint density at radius 2 is 1.94 bits per heavy atom. The van der Waals surface area contributed by atoms with Crippen molar-refractivity contribution in [3.63, 3.8) is 0 Å². The summed E-state index contributed by atoms with van der Waals surface area (Å²) in [6.07, 6.45) is 5.11. The third kappa shape index (κ3) is 2.63. The van der Waals surface area contributed by atoms with Gasteiger partial charge in [-0.1, -0.05) is 24.3 Å². The van der Waals surface area contributed by atoms with E-state index in [0.29, 0.717) is 12.1 Å². The monoisotopic (exact) mass is 218 g/mol. The van der Waals surface area contributed by atoms with Crippen molar-refractivity contribution in [1.82, 2.24) is 5.32 Å². The van der Waals surface area contributed by atoms with Crippen LogP contribution < -0.4 is 11.1 Å². The van der Waals surface area contributed by atoms with E-state index < -0.39 is 0 Å². The molecule has 0 aromatic heterocycles. The average Bonchev–Trinajstić information content (AvgIpc) is 2.27. The van der Waals surface area contributed by atoms with Crippen LogP contribution in [0.1, 0.15) is 37.3 Å². The van der Waals surface area contributed by atoms with Gasteiger partial charge in [-0.05, 0) is 50.3 Å². The van der Waals surface area contributed by atoms with E-state index in [4.69, 9.17) is 5.73 Å². The van der Waals surface area contributed by atoms with Gasteiger partial charge in [0.05, 0.1) is 0 Å². The van der Waals surface area contributed by atoms with Crippen LogP contribution in [0.4, 0.5) is 0 Å². The van der Waals surface area contributed by atoms with E-state index in [0.717, 1.165) is 13.0 Å². The van der Waals surface area contributed by atoms with Crippen LogP contribution in [-0.2, 0) is 13.0 Å². The number of nitrogens with two attached hydrogens (primary N) is 1. The molecule has 16 heavy (non-hydrogen) atoms. The standard InChI is InChI=1S/C14H22N2/c1-14(8-4-9-14)16-10-7-12-5-2-3-6-13(12)11-15/h2-3,5-6,16H,4,7-11,15H2,1H3. The molecule has 0 aliphatic heterocycles. The lowest BCUT2D eigenvalue weighted by Crippen LogP contribution is -2.48. The van der Waals surface area contributed by atoms with Crippen LogP contribution >= 0.6 is 0 Å². The van der Waals surface area contributed by atoms with Crippen molar-refractivity contribution >= 4 is 0 Å². The molecule has 0 amide bonds. The molecule has 0 radical (unpaired) electrons. The Morgan fingerprint density at radius 3 is 2.50 bits per heavy atom. The minimum atomic E-state index is 0.414. The summed E-state index contributed by atoms with van der Waals surface area (Å²) in [4.78, 5) is 0. The second kappa shape index (κ2) is 4.98. The third-order valence-corrected chi connectivity index (χ3v) is 3.74. The molecular formula is C14H22N2. The van der Waals surface area contributed by atoms with Crippen LogP contribution in [0.25, 0.3) is 0 Å². The largest absolute Gasteiger partial charge is 0.326 e. The zero-order valence-corrected chi connectivity index (χ0v) is 10.1. The molecule has 0 spiro atoms. The van der Waals surface area contributed by atoms with Crippen molar-refractivity contribution in [3.05, 3.63) is 35.4 Å². The van der Waals surface area contributed by atoms with Gasteiger partial charge < -0.3 is 11.1 Å². The highest BCUT2D eigenvalue weighted by Gasteiger charge is 2.30. The highest BCUT2D eigenvalue weighted by molar-refractivity contribution is 5.27. The predicted octanol–water partition coefficient (Wildman–Crippen LogP) is 2.22. The van der Waals surface area contributed by atoms with E-state index in [1.54, 1.807) is 0 Å². The van der Waals surface area contributed by atoms with Crippen LogP contribution in [-0.4, -0.2) is 12.1 Å². The smallest absolute Gasteiger partial charge is 0.0180 e. The summed E-state index contributed by atoms with van der Waals surface area (Å²) in [5.41, 5.74) is 8.81. The molecule has 0 atom stereocenters. The van der Waals surface area contributed by atoms with Gasteiger partial charge in [0.2, 0.25) is 0 Å². The zero-order valence-electron chi connectivity index (χ0n) is 10.1. The first kappa shape index (κ1) is 11.6. The SMILES string of the molecule is CC1(NCCc2ccccc2CN)CCC1. The zero-order chi connectivity index (χ0) is 11.4. The Bertz CT molecular complexity index is 342. The molecule has 1 saturated carbocycles. The Kier molecular flexibility index (Phi) is 3.62. The molecule has 3 N–H and O–H groups in total. The van der Waals surface area contributed by atoms with E-state index >= 15 is 0 Å². The number of hydrogen-bond acceptors (Lipinski definition) is 2. The number of hydrogen-bond donors (Lipinski definition) is 2. The average molecular weight is 218 g/mol.